The van der Waals surface area contributed by atoms with Gasteiger partial charge in [0, 0.05) is 0 Å². The van der Waals surface area contributed by atoms with Gasteiger partial charge in [-0.05, 0) is 17.9 Å². The summed E-state index contributed by atoms with van der Waals surface area (Å²) in [6.45, 7) is 0. The van der Waals surface area contributed by atoms with E-state index in [9.17, 15) is 18.0 Å². The summed E-state index contributed by atoms with van der Waals surface area (Å²) in [5, 5.41) is -1.10. The first-order chi connectivity index (χ1) is 7.32. The second-order valence-electron chi connectivity index (χ2n) is 3.15. The zero-order valence-corrected chi connectivity index (χ0v) is 10.5. The highest BCUT2D eigenvalue weighted by atomic mass is 32.1. The number of ketones is 1. The summed E-state index contributed by atoms with van der Waals surface area (Å²) in [4.78, 5) is 12.0. The van der Waals surface area contributed by atoms with Gasteiger partial charge in [-0.3, -0.25) is 4.79 Å². The van der Waals surface area contributed by atoms with Gasteiger partial charge in [-0.1, -0.05) is 6.07 Å². The Bertz CT molecular complexity index is 347. The quantitative estimate of drug-likeness (QED) is 0.640. The summed E-state index contributed by atoms with van der Waals surface area (Å²) in [7, 11) is 0. The van der Waals surface area contributed by atoms with Crippen LogP contribution < -0.4 is 0 Å². The van der Waals surface area contributed by atoms with E-state index < -0.39 is 23.1 Å². The first-order valence-electron chi connectivity index (χ1n) is 4.33. The predicted octanol–water partition coefficient (Wildman–Crippen LogP) is 3.48. The van der Waals surface area contributed by atoms with Gasteiger partial charge in [0.05, 0.1) is 15.4 Å². The Morgan fingerprint density at radius 1 is 1.44 bits per heavy atom. The standard InChI is InChI=1S/C9H9F3OS3/c10-9(11,12)7(15)4-5(14)8(13)6-2-1-3-16-6/h1-3,5,7,14-15H,4H2. The summed E-state index contributed by atoms with van der Waals surface area (Å²) in [6, 6.07) is 3.23. The lowest BCUT2D eigenvalue weighted by Gasteiger charge is -2.17. The number of thiophene rings is 1. The number of thiol groups is 2. The highest BCUT2D eigenvalue weighted by Gasteiger charge is 2.39. The molecule has 0 saturated heterocycles. The molecule has 0 saturated carbocycles. The van der Waals surface area contributed by atoms with Crippen molar-refractivity contribution in [3.8, 4) is 0 Å². The fraction of sp³-hybridized carbons (Fsp3) is 0.444. The molecule has 2 atom stereocenters. The molecule has 0 aliphatic rings. The average Bonchev–Trinajstić information content (AvgIpc) is 2.67. The van der Waals surface area contributed by atoms with E-state index in [1.165, 1.54) is 11.3 Å². The number of carbonyl (C=O) groups is 1. The maximum absolute atomic E-state index is 12.2. The molecule has 0 radical (unpaired) electrons. The smallest absolute Gasteiger partial charge is 0.292 e. The van der Waals surface area contributed by atoms with Gasteiger partial charge < -0.3 is 0 Å². The van der Waals surface area contributed by atoms with E-state index in [1.54, 1.807) is 17.5 Å². The fourth-order valence-electron chi connectivity index (χ4n) is 1.04. The van der Waals surface area contributed by atoms with Crippen LogP contribution in [0.25, 0.3) is 0 Å². The zero-order chi connectivity index (χ0) is 12.3. The van der Waals surface area contributed by atoms with E-state index >= 15 is 0 Å². The Balaban J connectivity index is 2.60. The molecule has 7 heteroatoms. The Morgan fingerprint density at radius 3 is 2.50 bits per heavy atom. The summed E-state index contributed by atoms with van der Waals surface area (Å²) in [5.41, 5.74) is 0. The Kier molecular flexibility index (Phi) is 4.75. The molecule has 90 valence electrons. The Morgan fingerprint density at radius 2 is 2.06 bits per heavy atom. The van der Waals surface area contributed by atoms with Crippen LogP contribution in [0.4, 0.5) is 13.2 Å². The second kappa shape index (κ2) is 5.46. The highest BCUT2D eigenvalue weighted by molar-refractivity contribution is 7.82. The SMILES string of the molecule is O=C(c1cccs1)C(S)CC(S)C(F)(F)F. The monoisotopic (exact) mass is 286 g/mol. The first-order valence-corrected chi connectivity index (χ1v) is 6.24. The molecule has 0 aliphatic heterocycles. The molecule has 0 aromatic carbocycles. The maximum Gasteiger partial charge on any atom is 0.400 e. The lowest BCUT2D eigenvalue weighted by atomic mass is 10.1. The minimum absolute atomic E-state index is 0.387. The van der Waals surface area contributed by atoms with Crippen molar-refractivity contribution in [2.75, 3.05) is 0 Å². The van der Waals surface area contributed by atoms with E-state index in [-0.39, 0.29) is 5.78 Å². The molecule has 0 aliphatic carbocycles. The first kappa shape index (κ1) is 13.9. The number of Topliss-reactive ketones (excluding diaryl/α,β-unsaturated/α-hetero) is 1. The molecule has 0 N–H and O–H groups in total. The number of alkyl halides is 3. The zero-order valence-electron chi connectivity index (χ0n) is 7.94. The van der Waals surface area contributed by atoms with Crippen molar-refractivity contribution in [1.82, 2.24) is 0 Å². The van der Waals surface area contributed by atoms with Crippen LogP contribution in [-0.4, -0.2) is 22.5 Å². The third-order valence-electron chi connectivity index (χ3n) is 1.89. The van der Waals surface area contributed by atoms with Crippen molar-refractivity contribution >= 4 is 42.4 Å². The van der Waals surface area contributed by atoms with Crippen molar-refractivity contribution in [1.29, 1.82) is 0 Å². The molecule has 1 aromatic rings. The van der Waals surface area contributed by atoms with Crippen molar-refractivity contribution in [3.63, 3.8) is 0 Å². The predicted molar refractivity (Wildman–Crippen MR) is 64.9 cm³/mol. The van der Waals surface area contributed by atoms with Crippen molar-refractivity contribution in [2.24, 2.45) is 0 Å². The second-order valence-corrected chi connectivity index (χ2v) is 5.34. The van der Waals surface area contributed by atoms with Crippen LogP contribution in [0.1, 0.15) is 16.1 Å². The fourth-order valence-corrected chi connectivity index (χ4v) is 2.57. The third-order valence-corrected chi connectivity index (χ3v) is 3.72. The third kappa shape index (κ3) is 3.71. The van der Waals surface area contributed by atoms with Crippen LogP contribution in [0.15, 0.2) is 17.5 Å². The van der Waals surface area contributed by atoms with E-state index in [4.69, 9.17) is 0 Å². The Labute approximate surface area is 106 Å². The molecule has 0 fully saturated rings. The van der Waals surface area contributed by atoms with Crippen LogP contribution in [-0.2, 0) is 0 Å². The largest absolute Gasteiger partial charge is 0.400 e. The minimum Gasteiger partial charge on any atom is -0.292 e. The van der Waals surface area contributed by atoms with Crippen LogP contribution in [0.2, 0.25) is 0 Å². The molecule has 1 nitrogen and oxygen atoms in total. The van der Waals surface area contributed by atoms with Gasteiger partial charge >= 0.3 is 6.18 Å². The molecule has 2 unspecified atom stereocenters. The van der Waals surface area contributed by atoms with Crippen LogP contribution in [0.3, 0.4) is 0 Å². The molecule has 1 heterocycles. The van der Waals surface area contributed by atoms with Gasteiger partial charge in [-0.2, -0.15) is 38.4 Å². The molecule has 16 heavy (non-hydrogen) atoms. The number of carbonyl (C=O) groups excluding carboxylic acids is 1. The summed E-state index contributed by atoms with van der Waals surface area (Å²) < 4.78 is 36.6. The van der Waals surface area contributed by atoms with E-state index in [0.29, 0.717) is 4.88 Å². The highest BCUT2D eigenvalue weighted by Crippen LogP contribution is 2.30. The van der Waals surface area contributed by atoms with E-state index in [0.717, 1.165) is 0 Å². The summed E-state index contributed by atoms with van der Waals surface area (Å²) >= 11 is 8.50. The molecule has 1 aromatic heterocycles. The van der Waals surface area contributed by atoms with E-state index in [1.807, 2.05) is 0 Å². The molecular formula is C9H9F3OS3. The number of halogens is 3. The molecule has 1 rings (SSSR count). The van der Waals surface area contributed by atoms with Gasteiger partial charge in [0.1, 0.15) is 0 Å². The van der Waals surface area contributed by atoms with E-state index in [2.05, 4.69) is 25.3 Å². The maximum atomic E-state index is 12.2. The summed E-state index contributed by atoms with van der Waals surface area (Å²) in [5.74, 6) is -0.387. The molecule has 0 amide bonds. The normalized spacial score (nSPS) is 15.8. The van der Waals surface area contributed by atoms with Crippen molar-refractivity contribution < 1.29 is 18.0 Å². The molecule has 0 spiro atoms. The number of hydrogen-bond acceptors (Lipinski definition) is 4. The average molecular weight is 286 g/mol. The Hall–Kier alpha value is -0.140. The molecule has 0 bridgehead atoms. The minimum atomic E-state index is -4.40. The van der Waals surface area contributed by atoms with Crippen molar-refractivity contribution in [3.05, 3.63) is 22.4 Å². The van der Waals surface area contributed by atoms with Crippen molar-refractivity contribution in [2.45, 2.75) is 23.1 Å². The summed E-state index contributed by atoms with van der Waals surface area (Å²) in [6.07, 6.45) is -4.83. The van der Waals surface area contributed by atoms with Gasteiger partial charge in [-0.15, -0.1) is 11.3 Å². The van der Waals surface area contributed by atoms with Crippen LogP contribution in [0.5, 0.6) is 0 Å². The van der Waals surface area contributed by atoms with Gasteiger partial charge in [0.15, 0.2) is 5.78 Å². The van der Waals surface area contributed by atoms with Crippen LogP contribution in [0, 0.1) is 0 Å². The molecular weight excluding hydrogens is 277 g/mol. The van der Waals surface area contributed by atoms with Gasteiger partial charge in [0.25, 0.3) is 0 Å². The van der Waals surface area contributed by atoms with Gasteiger partial charge in [0.2, 0.25) is 0 Å². The lowest BCUT2D eigenvalue weighted by molar-refractivity contribution is -0.128. The van der Waals surface area contributed by atoms with Crippen LogP contribution >= 0.6 is 36.6 Å². The van der Waals surface area contributed by atoms with Gasteiger partial charge in [-0.25, -0.2) is 0 Å². The lowest BCUT2D eigenvalue weighted by Crippen LogP contribution is -2.29. The topological polar surface area (TPSA) is 17.1 Å². The number of rotatable bonds is 4. The number of hydrogen-bond donors (Lipinski definition) is 2.